The Hall–Kier alpha value is -3.53. The lowest BCUT2D eigenvalue weighted by atomic mass is 9.99. The van der Waals surface area contributed by atoms with E-state index in [2.05, 4.69) is 0 Å². The first-order valence-corrected chi connectivity index (χ1v) is 11.2. The molecule has 1 heterocycles. The highest BCUT2D eigenvalue weighted by Crippen LogP contribution is 2.30. The number of benzene rings is 2. The maximum atomic E-state index is 12.4. The topological polar surface area (TPSA) is 124 Å². The van der Waals surface area contributed by atoms with Crippen molar-refractivity contribution in [2.45, 2.75) is 12.8 Å². The minimum Gasteiger partial charge on any atom is -0.454 e. The molecule has 0 saturated carbocycles. The smallest absolute Gasteiger partial charge is 0.331 e. The lowest BCUT2D eigenvalue weighted by molar-refractivity contribution is -0.385. The lowest BCUT2D eigenvalue weighted by Crippen LogP contribution is -2.34. The number of hydrogen-bond donors (Lipinski definition) is 0. The molecule has 0 spiro atoms. The number of hydrogen-bond acceptors (Lipinski definition) is 7. The molecule has 0 fully saturated rings. The number of ether oxygens (including phenoxy) is 1. The Morgan fingerprint density at radius 3 is 2.68 bits per heavy atom. The van der Waals surface area contributed by atoms with Crippen molar-refractivity contribution in [2.24, 2.45) is 0 Å². The molecule has 0 unspecified atom stereocenters. The zero-order chi connectivity index (χ0) is 22.6. The number of fused-ring (bicyclic) bond motifs is 1. The van der Waals surface area contributed by atoms with E-state index in [0.717, 1.165) is 17.9 Å². The summed E-state index contributed by atoms with van der Waals surface area (Å²) in [6, 6.07) is 10.6. The van der Waals surface area contributed by atoms with E-state index in [4.69, 9.17) is 4.74 Å². The Morgan fingerprint density at radius 1 is 1.23 bits per heavy atom. The maximum Gasteiger partial charge on any atom is 0.331 e. The molecule has 2 aromatic rings. The number of anilines is 1. The molecule has 0 N–H and O–H groups in total. The normalized spacial score (nSPS) is 13.6. The average Bonchev–Trinajstić information content (AvgIpc) is 2.74. The SMILES string of the molecule is CS(=O)(=O)N1CCCc2cc(C(=O)COC(=O)C=Cc3ccccc3[N+](=O)[O-])ccc21. The first kappa shape index (κ1) is 22.2. The Labute approximate surface area is 179 Å². The van der Waals surface area contributed by atoms with E-state index in [0.29, 0.717) is 30.6 Å². The van der Waals surface area contributed by atoms with Crippen LogP contribution in [0.4, 0.5) is 11.4 Å². The zero-order valence-electron chi connectivity index (χ0n) is 16.7. The number of esters is 1. The second-order valence-corrected chi connectivity index (χ2v) is 8.87. The monoisotopic (exact) mass is 444 g/mol. The van der Waals surface area contributed by atoms with Crippen LogP contribution in [0.2, 0.25) is 0 Å². The van der Waals surface area contributed by atoms with Crippen molar-refractivity contribution in [3.63, 3.8) is 0 Å². The number of sulfonamides is 1. The molecule has 1 aliphatic rings. The van der Waals surface area contributed by atoms with Crippen molar-refractivity contribution < 1.29 is 27.7 Å². The first-order chi connectivity index (χ1) is 14.7. The molecule has 9 nitrogen and oxygen atoms in total. The summed E-state index contributed by atoms with van der Waals surface area (Å²) >= 11 is 0. The van der Waals surface area contributed by atoms with Crippen molar-refractivity contribution in [3.8, 4) is 0 Å². The third-order valence-electron chi connectivity index (χ3n) is 4.76. The molecule has 0 radical (unpaired) electrons. The summed E-state index contributed by atoms with van der Waals surface area (Å²) in [6.45, 7) is -0.114. The number of carbonyl (C=O) groups is 2. The van der Waals surface area contributed by atoms with E-state index < -0.39 is 33.3 Å². The van der Waals surface area contributed by atoms with E-state index in [-0.39, 0.29) is 11.3 Å². The van der Waals surface area contributed by atoms with Gasteiger partial charge in [0.25, 0.3) is 5.69 Å². The third kappa shape index (κ3) is 5.34. The summed E-state index contributed by atoms with van der Waals surface area (Å²) in [6.07, 6.45) is 4.69. The van der Waals surface area contributed by atoms with Crippen molar-refractivity contribution >= 4 is 39.2 Å². The fourth-order valence-electron chi connectivity index (χ4n) is 3.30. The van der Waals surface area contributed by atoms with Crippen LogP contribution in [0.3, 0.4) is 0 Å². The minimum atomic E-state index is -3.40. The van der Waals surface area contributed by atoms with Gasteiger partial charge in [0.05, 0.1) is 22.4 Å². The highest BCUT2D eigenvalue weighted by molar-refractivity contribution is 7.92. The van der Waals surface area contributed by atoms with Gasteiger partial charge < -0.3 is 4.74 Å². The fraction of sp³-hybridized carbons (Fsp3) is 0.238. The summed E-state index contributed by atoms with van der Waals surface area (Å²) < 4.78 is 30.1. The summed E-state index contributed by atoms with van der Waals surface area (Å²) in [5, 5.41) is 11.0. The number of nitro groups is 1. The highest BCUT2D eigenvalue weighted by Gasteiger charge is 2.24. The van der Waals surface area contributed by atoms with Crippen molar-refractivity contribution in [2.75, 3.05) is 23.7 Å². The van der Waals surface area contributed by atoms with Crippen LogP contribution >= 0.6 is 0 Å². The van der Waals surface area contributed by atoms with Crippen LogP contribution < -0.4 is 4.31 Å². The molecule has 1 aliphatic heterocycles. The van der Waals surface area contributed by atoms with Crippen molar-refractivity contribution in [1.82, 2.24) is 0 Å². The van der Waals surface area contributed by atoms with Crippen LogP contribution in [-0.4, -0.2) is 44.5 Å². The van der Waals surface area contributed by atoms with E-state index in [9.17, 15) is 28.1 Å². The first-order valence-electron chi connectivity index (χ1n) is 9.39. The van der Waals surface area contributed by atoms with Crippen LogP contribution in [0.5, 0.6) is 0 Å². The molecule has 0 aliphatic carbocycles. The zero-order valence-corrected chi connectivity index (χ0v) is 17.5. The molecule has 0 amide bonds. The number of aryl methyl sites for hydroxylation is 1. The van der Waals surface area contributed by atoms with Crippen LogP contribution in [0, 0.1) is 10.1 Å². The molecule has 31 heavy (non-hydrogen) atoms. The summed E-state index contributed by atoms with van der Waals surface area (Å²) in [4.78, 5) is 34.8. The molecule has 162 valence electrons. The van der Waals surface area contributed by atoms with Gasteiger partial charge in [-0.1, -0.05) is 12.1 Å². The number of nitrogens with zero attached hydrogens (tertiary/aromatic N) is 2. The standard InChI is InChI=1S/C21H20N2O7S/c1-31(28,29)22-12-4-6-16-13-17(8-10-18(16)22)20(24)14-30-21(25)11-9-15-5-2-3-7-19(15)23(26)27/h2-3,5,7-11,13H,4,6,12,14H2,1H3. The van der Waals surface area contributed by atoms with E-state index >= 15 is 0 Å². The molecule has 0 atom stereocenters. The van der Waals surface area contributed by atoms with Gasteiger partial charge in [0, 0.05) is 24.3 Å². The Kier molecular flexibility index (Phi) is 6.50. The molecule has 10 heteroatoms. The number of rotatable bonds is 7. The predicted octanol–water partition coefficient (Wildman–Crippen LogP) is 2.75. The number of nitro benzene ring substituents is 1. The Bertz CT molecular complexity index is 1170. The second kappa shape index (κ2) is 9.09. The van der Waals surface area contributed by atoms with E-state index in [1.165, 1.54) is 34.6 Å². The lowest BCUT2D eigenvalue weighted by Gasteiger charge is -2.29. The molecule has 0 aromatic heterocycles. The number of carbonyl (C=O) groups excluding carboxylic acids is 2. The molecule has 3 rings (SSSR count). The molecule has 2 aromatic carbocycles. The molecule has 0 bridgehead atoms. The van der Waals surface area contributed by atoms with Crippen molar-refractivity contribution in [1.29, 1.82) is 0 Å². The van der Waals surface area contributed by atoms with Gasteiger partial charge in [-0.2, -0.15) is 0 Å². The minimum absolute atomic E-state index is 0.153. The largest absolute Gasteiger partial charge is 0.454 e. The quantitative estimate of drug-likeness (QED) is 0.211. The molecular formula is C21H20N2O7S. The summed E-state index contributed by atoms with van der Waals surface area (Å²) in [5.74, 6) is -1.25. The molecule has 0 saturated heterocycles. The second-order valence-electron chi connectivity index (χ2n) is 6.96. The average molecular weight is 444 g/mol. The van der Waals surface area contributed by atoms with E-state index in [1.807, 2.05) is 0 Å². The molecular weight excluding hydrogens is 424 g/mol. The summed E-state index contributed by atoms with van der Waals surface area (Å²) in [5.41, 5.74) is 1.69. The number of para-hydroxylation sites is 1. The third-order valence-corrected chi connectivity index (χ3v) is 5.94. The van der Waals surface area contributed by atoms with Crippen LogP contribution in [0.1, 0.15) is 27.9 Å². The Balaban J connectivity index is 1.65. The van der Waals surface area contributed by atoms with Crippen molar-refractivity contribution in [3.05, 3.63) is 75.3 Å². The number of ketones is 1. The van der Waals surface area contributed by atoms with Crippen LogP contribution in [0.15, 0.2) is 48.5 Å². The van der Waals surface area contributed by atoms with Gasteiger partial charge in [0.15, 0.2) is 12.4 Å². The summed E-state index contributed by atoms with van der Waals surface area (Å²) in [7, 11) is -3.40. The predicted molar refractivity (Wildman–Crippen MR) is 114 cm³/mol. The van der Waals surface area contributed by atoms with Gasteiger partial charge in [0.2, 0.25) is 10.0 Å². The van der Waals surface area contributed by atoms with Gasteiger partial charge >= 0.3 is 5.97 Å². The van der Waals surface area contributed by atoms with Crippen LogP contribution in [-0.2, 0) is 26.0 Å². The van der Waals surface area contributed by atoms with Gasteiger partial charge in [0.1, 0.15) is 0 Å². The fourth-order valence-corrected chi connectivity index (χ4v) is 4.30. The van der Waals surface area contributed by atoms with Gasteiger partial charge in [-0.3, -0.25) is 19.2 Å². The van der Waals surface area contributed by atoms with Gasteiger partial charge in [-0.15, -0.1) is 0 Å². The Morgan fingerprint density at radius 2 is 1.97 bits per heavy atom. The van der Waals surface area contributed by atoms with Gasteiger partial charge in [-0.05, 0) is 48.7 Å². The highest BCUT2D eigenvalue weighted by atomic mass is 32.2. The maximum absolute atomic E-state index is 12.4. The van der Waals surface area contributed by atoms with Crippen LogP contribution in [0.25, 0.3) is 6.08 Å². The van der Waals surface area contributed by atoms with Gasteiger partial charge in [-0.25, -0.2) is 13.2 Å². The number of Topliss-reactive ketones (excluding diaryl/α,β-unsaturated/α-hetero) is 1. The van der Waals surface area contributed by atoms with E-state index in [1.54, 1.807) is 18.2 Å².